The number of halogens is 1. The highest BCUT2D eigenvalue weighted by Crippen LogP contribution is 2.25. The van der Waals surface area contributed by atoms with Crippen LogP contribution in [-0.2, 0) is 11.2 Å². The van der Waals surface area contributed by atoms with E-state index in [1.54, 1.807) is 12.1 Å². The van der Waals surface area contributed by atoms with Gasteiger partial charge in [-0.15, -0.1) is 11.3 Å². The summed E-state index contributed by atoms with van der Waals surface area (Å²) in [6, 6.07) is 13.8. The maximum absolute atomic E-state index is 13.1. The highest BCUT2D eigenvalue weighted by molar-refractivity contribution is 7.13. The molecule has 2 aromatic heterocycles. The lowest BCUT2D eigenvalue weighted by Crippen LogP contribution is -2.33. The van der Waals surface area contributed by atoms with E-state index in [-0.39, 0.29) is 30.1 Å². The van der Waals surface area contributed by atoms with Gasteiger partial charge in [-0.1, -0.05) is 26.0 Å². The van der Waals surface area contributed by atoms with Crippen LogP contribution in [0.3, 0.4) is 0 Å². The van der Waals surface area contributed by atoms with Gasteiger partial charge >= 0.3 is 0 Å². The largest absolute Gasteiger partial charge is 0.346 e. The molecule has 5 nitrogen and oxygen atoms in total. The summed E-state index contributed by atoms with van der Waals surface area (Å²) < 4.78 is 13.1. The van der Waals surface area contributed by atoms with Crippen molar-refractivity contribution in [2.45, 2.75) is 26.3 Å². The molecule has 2 heterocycles. The van der Waals surface area contributed by atoms with Crippen molar-refractivity contribution in [3.05, 3.63) is 71.2 Å². The molecule has 2 aromatic carbocycles. The molecule has 1 atom stereocenters. The van der Waals surface area contributed by atoms with Crippen LogP contribution in [0.2, 0.25) is 0 Å². The Kier molecular flexibility index (Phi) is 5.40. The second-order valence-corrected chi connectivity index (χ2v) is 8.11. The number of imidazole rings is 1. The van der Waals surface area contributed by atoms with Gasteiger partial charge in [-0.3, -0.25) is 4.79 Å². The minimum atomic E-state index is -0.282. The molecule has 4 rings (SSSR count). The number of nitrogens with one attached hydrogen (secondary N) is 2. The average Bonchev–Trinajstić information content (AvgIpc) is 3.33. The Hall–Kier alpha value is -3.06. The van der Waals surface area contributed by atoms with Crippen LogP contribution in [0.1, 0.15) is 31.4 Å². The third kappa shape index (κ3) is 4.35. The SMILES string of the molecule is CC(C)[C@@H](NC(=O)Cc1csc(-c2ccc(F)cc2)n1)c1nc2ccccc2[nH]1. The van der Waals surface area contributed by atoms with Crippen LogP contribution >= 0.6 is 11.3 Å². The maximum Gasteiger partial charge on any atom is 0.226 e. The molecule has 0 bridgehead atoms. The lowest BCUT2D eigenvalue weighted by atomic mass is 10.0. The second kappa shape index (κ2) is 8.13. The van der Waals surface area contributed by atoms with Gasteiger partial charge in [-0.2, -0.15) is 0 Å². The normalized spacial score (nSPS) is 12.4. The number of rotatable bonds is 6. The number of carbonyl (C=O) groups excluding carboxylic acids is 1. The first-order valence-electron chi connectivity index (χ1n) is 9.44. The van der Waals surface area contributed by atoms with Gasteiger partial charge in [0, 0.05) is 10.9 Å². The zero-order valence-corrected chi connectivity index (χ0v) is 17.0. The Morgan fingerprint density at radius 1 is 1.14 bits per heavy atom. The molecule has 148 valence electrons. The van der Waals surface area contributed by atoms with Crippen molar-refractivity contribution >= 4 is 28.3 Å². The number of thiazole rings is 1. The third-order valence-electron chi connectivity index (χ3n) is 4.67. The molecule has 0 saturated heterocycles. The molecule has 2 N–H and O–H groups in total. The number of hydrogen-bond donors (Lipinski definition) is 2. The number of nitrogens with zero attached hydrogens (tertiary/aromatic N) is 2. The molecule has 1 amide bonds. The van der Waals surface area contributed by atoms with Crippen LogP contribution in [0.5, 0.6) is 0 Å². The zero-order chi connectivity index (χ0) is 20.4. The Morgan fingerprint density at radius 3 is 2.62 bits per heavy atom. The van der Waals surface area contributed by atoms with E-state index in [1.165, 1.54) is 23.5 Å². The van der Waals surface area contributed by atoms with Crippen molar-refractivity contribution in [2.24, 2.45) is 5.92 Å². The Bertz CT molecular complexity index is 1100. The predicted molar refractivity (Wildman–Crippen MR) is 113 cm³/mol. The van der Waals surface area contributed by atoms with E-state index >= 15 is 0 Å². The van der Waals surface area contributed by atoms with Gasteiger partial charge in [0.25, 0.3) is 0 Å². The minimum Gasteiger partial charge on any atom is -0.346 e. The summed E-state index contributed by atoms with van der Waals surface area (Å²) in [5.41, 5.74) is 3.36. The van der Waals surface area contributed by atoms with Gasteiger partial charge in [0.1, 0.15) is 16.6 Å². The molecular weight excluding hydrogens is 387 g/mol. The molecule has 4 aromatic rings. The summed E-state index contributed by atoms with van der Waals surface area (Å²) >= 11 is 1.44. The van der Waals surface area contributed by atoms with Crippen molar-refractivity contribution in [2.75, 3.05) is 0 Å². The number of para-hydroxylation sites is 2. The topological polar surface area (TPSA) is 70.7 Å². The van der Waals surface area contributed by atoms with E-state index in [2.05, 4.69) is 20.3 Å². The number of carbonyl (C=O) groups is 1. The molecular formula is C22H21FN4OS. The standard InChI is InChI=1S/C22H21FN4OS/c1-13(2)20(21-25-17-5-3-4-6-18(17)26-21)27-19(28)11-16-12-29-22(24-16)14-7-9-15(23)10-8-14/h3-10,12-13,20H,11H2,1-2H3,(H,25,26)(H,27,28)/t20-/m1/s1. The summed E-state index contributed by atoms with van der Waals surface area (Å²) in [5, 5.41) is 5.71. The smallest absolute Gasteiger partial charge is 0.226 e. The molecule has 0 saturated carbocycles. The van der Waals surface area contributed by atoms with E-state index < -0.39 is 0 Å². The lowest BCUT2D eigenvalue weighted by Gasteiger charge is -2.20. The number of benzene rings is 2. The van der Waals surface area contributed by atoms with Crippen molar-refractivity contribution in [1.29, 1.82) is 0 Å². The van der Waals surface area contributed by atoms with Crippen LogP contribution in [-0.4, -0.2) is 20.9 Å². The van der Waals surface area contributed by atoms with Crippen LogP contribution in [0.15, 0.2) is 53.9 Å². The van der Waals surface area contributed by atoms with Crippen LogP contribution in [0.25, 0.3) is 21.6 Å². The van der Waals surface area contributed by atoms with Gasteiger partial charge in [-0.05, 0) is 42.3 Å². The number of aromatic amines is 1. The highest BCUT2D eigenvalue weighted by atomic mass is 32.1. The second-order valence-electron chi connectivity index (χ2n) is 7.26. The van der Waals surface area contributed by atoms with Crippen molar-refractivity contribution in [3.8, 4) is 10.6 Å². The number of hydrogen-bond acceptors (Lipinski definition) is 4. The fourth-order valence-corrected chi connectivity index (χ4v) is 4.00. The highest BCUT2D eigenvalue weighted by Gasteiger charge is 2.22. The number of amides is 1. The molecule has 0 unspecified atom stereocenters. The van der Waals surface area contributed by atoms with E-state index in [4.69, 9.17) is 0 Å². The Balaban J connectivity index is 1.47. The first-order chi connectivity index (χ1) is 14.0. The minimum absolute atomic E-state index is 0.111. The van der Waals surface area contributed by atoms with Gasteiger partial charge in [0.2, 0.25) is 5.91 Å². The molecule has 29 heavy (non-hydrogen) atoms. The molecule has 0 aliphatic carbocycles. The zero-order valence-electron chi connectivity index (χ0n) is 16.1. The summed E-state index contributed by atoms with van der Waals surface area (Å²) in [5.74, 6) is 0.528. The molecule has 0 aliphatic heterocycles. The Morgan fingerprint density at radius 2 is 1.90 bits per heavy atom. The maximum atomic E-state index is 13.1. The monoisotopic (exact) mass is 408 g/mol. The van der Waals surface area contributed by atoms with Crippen molar-refractivity contribution < 1.29 is 9.18 Å². The van der Waals surface area contributed by atoms with Crippen molar-refractivity contribution in [1.82, 2.24) is 20.3 Å². The Labute approximate surface area is 172 Å². The number of H-pyrrole nitrogens is 1. The number of fused-ring (bicyclic) bond motifs is 1. The van der Waals surface area contributed by atoms with Gasteiger partial charge in [0.05, 0.1) is 29.2 Å². The summed E-state index contributed by atoms with van der Waals surface area (Å²) in [6.45, 7) is 4.10. The number of aromatic nitrogens is 3. The molecule has 0 aliphatic rings. The molecule has 0 radical (unpaired) electrons. The van der Waals surface area contributed by atoms with E-state index in [0.29, 0.717) is 5.69 Å². The molecule has 7 heteroatoms. The summed E-state index contributed by atoms with van der Waals surface area (Å²) in [7, 11) is 0. The van der Waals surface area contributed by atoms with Crippen LogP contribution < -0.4 is 5.32 Å². The lowest BCUT2D eigenvalue weighted by molar-refractivity contribution is -0.121. The van der Waals surface area contributed by atoms with E-state index in [0.717, 1.165) is 27.4 Å². The first-order valence-corrected chi connectivity index (χ1v) is 10.3. The van der Waals surface area contributed by atoms with Gasteiger partial charge in [-0.25, -0.2) is 14.4 Å². The predicted octanol–water partition coefficient (Wildman–Crippen LogP) is 4.88. The van der Waals surface area contributed by atoms with E-state index in [1.807, 2.05) is 43.5 Å². The first kappa shape index (κ1) is 19.3. The molecule has 0 spiro atoms. The van der Waals surface area contributed by atoms with Gasteiger partial charge < -0.3 is 10.3 Å². The van der Waals surface area contributed by atoms with E-state index in [9.17, 15) is 9.18 Å². The fraction of sp³-hybridized carbons (Fsp3) is 0.227. The average molecular weight is 409 g/mol. The molecule has 0 fully saturated rings. The van der Waals surface area contributed by atoms with Crippen LogP contribution in [0, 0.1) is 11.7 Å². The summed E-state index contributed by atoms with van der Waals surface area (Å²) in [4.78, 5) is 25.1. The quantitative estimate of drug-likeness (QED) is 0.478. The summed E-state index contributed by atoms with van der Waals surface area (Å²) in [6.07, 6.45) is 0.182. The van der Waals surface area contributed by atoms with Crippen molar-refractivity contribution in [3.63, 3.8) is 0 Å². The van der Waals surface area contributed by atoms with Gasteiger partial charge in [0.15, 0.2) is 0 Å². The fourth-order valence-electron chi connectivity index (χ4n) is 3.17. The third-order valence-corrected chi connectivity index (χ3v) is 5.61. The van der Waals surface area contributed by atoms with Crippen LogP contribution in [0.4, 0.5) is 4.39 Å².